The number of nitrogens with two attached hydrogens (primary N) is 4. The number of hydrogen-bond acceptors (Lipinski definition) is 26. The number of unbranched alkanes of at least 4 members (excludes halogenated alkanes) is 1. The molecule has 3 aromatic heterocycles. The fourth-order valence-electron chi connectivity index (χ4n) is 17.0. The van der Waals surface area contributed by atoms with E-state index in [2.05, 4.69) is 125 Å². The molecule has 0 aliphatic carbocycles. The average molecular weight is 2070 g/mol. The molecule has 2 saturated heterocycles. The molecule has 15 atom stereocenters. The van der Waals surface area contributed by atoms with Crippen LogP contribution in [0.3, 0.4) is 0 Å². The van der Waals surface area contributed by atoms with Gasteiger partial charge in [-0.15, -0.1) is 0 Å². The summed E-state index contributed by atoms with van der Waals surface area (Å²) in [6.45, 7) is 7.80. The zero-order chi connectivity index (χ0) is 107. The second-order valence-corrected chi connectivity index (χ2v) is 37.5. The van der Waals surface area contributed by atoms with Gasteiger partial charge in [0.15, 0.2) is 5.96 Å². The van der Waals surface area contributed by atoms with Gasteiger partial charge in [-0.3, -0.25) is 101 Å². The Balaban J connectivity index is 1.02. The first kappa shape index (κ1) is 116. The molecule has 5 heterocycles. The van der Waals surface area contributed by atoms with E-state index in [1.807, 2.05) is 0 Å². The largest absolute Gasteiger partial charge is 0.508 e. The summed E-state index contributed by atoms with van der Waals surface area (Å²) in [4.78, 5) is 297. The van der Waals surface area contributed by atoms with Gasteiger partial charge in [-0.1, -0.05) is 76.2 Å². The van der Waals surface area contributed by atoms with Gasteiger partial charge < -0.3 is 143 Å². The molecule has 49 nitrogen and oxygen atoms in total. The second-order valence-electron chi connectivity index (χ2n) is 36.8. The maximum absolute atomic E-state index is 15.5. The predicted molar refractivity (Wildman–Crippen MR) is 537 cm³/mol. The Hall–Kier alpha value is -14.9. The monoisotopic (exact) mass is 2070 g/mol. The van der Waals surface area contributed by atoms with Crippen molar-refractivity contribution in [2.75, 3.05) is 44.2 Å². The van der Waals surface area contributed by atoms with Gasteiger partial charge in [0.1, 0.15) is 96.4 Å². The summed E-state index contributed by atoms with van der Waals surface area (Å²) in [6.07, 6.45) is 2.44. The number of rotatable bonds is 60. The van der Waals surface area contributed by atoms with Crippen molar-refractivity contribution in [3.63, 3.8) is 0 Å². The molecule has 0 spiro atoms. The lowest BCUT2D eigenvalue weighted by Gasteiger charge is -2.31. The Morgan fingerprint density at radius 2 is 0.890 bits per heavy atom. The summed E-state index contributed by atoms with van der Waals surface area (Å²) in [6, 6.07) is -4.22. The number of carbonyl (C=O) groups is 20. The van der Waals surface area contributed by atoms with Gasteiger partial charge in [0, 0.05) is 123 Å². The summed E-state index contributed by atoms with van der Waals surface area (Å²) in [7, 11) is 0. The highest BCUT2D eigenvalue weighted by atomic mass is 32.1. The summed E-state index contributed by atoms with van der Waals surface area (Å²) >= 11 is 8.67. The van der Waals surface area contributed by atoms with Crippen molar-refractivity contribution in [1.82, 2.24) is 109 Å². The number of H-pyrrole nitrogens is 3. The van der Waals surface area contributed by atoms with Crippen molar-refractivity contribution < 1.29 is 111 Å². The minimum atomic E-state index is -2.00. The number of aromatic amines is 3. The number of carboxylic acid groups (broad SMARTS) is 2. The first-order valence-corrected chi connectivity index (χ1v) is 49.4. The van der Waals surface area contributed by atoms with Crippen molar-refractivity contribution in [3.8, 4) is 5.75 Å². The minimum absolute atomic E-state index is 0.0155. The van der Waals surface area contributed by atoms with Crippen molar-refractivity contribution in [1.29, 1.82) is 5.41 Å². The third kappa shape index (κ3) is 36.4. The fourth-order valence-corrected chi connectivity index (χ4v) is 17.5. The SMILES string of the molecule is CC(=O)N[C@H](Cc1cnc[nH]1)C(=O)N1CCC[C@@H]1C(=O)N[C@H](CS)C(=O)N[C@H](CC(=O)O)C(=O)N[C@H](Cc1ccc(O)cc1)C(=O)N1CCC[C@@H]1C(=O)N[C@H](CCC(=O)O)C(=O)N[C@H](Cc1c[nH]c2ccccc12)C(=O)N[C@H](CCC(N)=O)C(=O)N[C@H](Cc1c[nH]c2ccccc12)C(=O)N[C@H](CC(C)C)C(=O)N[C@H](CS)C(=O)N[C@H](CCCNC(=N)N)C(=O)N[C@H](CC(C)C)C(=O)NCC(=O)N[C@H](CCCCN)C(N)=O. The van der Waals surface area contributed by atoms with Gasteiger partial charge in [-0.25, -0.2) is 4.98 Å². The van der Waals surface area contributed by atoms with E-state index in [1.165, 1.54) is 54.8 Å². The van der Waals surface area contributed by atoms with Gasteiger partial charge in [0.25, 0.3) is 0 Å². The lowest BCUT2D eigenvalue weighted by atomic mass is 9.99. The predicted octanol–water partition coefficient (Wildman–Crippen LogP) is -3.80. The third-order valence-electron chi connectivity index (χ3n) is 24.4. The molecule has 6 aromatic rings. The number of guanidine groups is 1. The molecule has 8 rings (SSSR count). The maximum atomic E-state index is 15.5. The number of thiol groups is 2. The molecule has 3 aromatic carbocycles. The van der Waals surface area contributed by atoms with Crippen LogP contribution in [-0.4, -0.2) is 304 Å². The van der Waals surface area contributed by atoms with E-state index in [4.69, 9.17) is 28.3 Å². The van der Waals surface area contributed by atoms with Crippen molar-refractivity contribution >= 4 is 171 Å². The summed E-state index contributed by atoms with van der Waals surface area (Å²) in [5.41, 5.74) is 25.1. The minimum Gasteiger partial charge on any atom is -0.508 e. The number of imidazole rings is 1. The number of aromatic nitrogens is 4. The lowest BCUT2D eigenvalue weighted by molar-refractivity contribution is -0.144. The van der Waals surface area contributed by atoms with Crippen molar-refractivity contribution in [2.45, 2.75) is 254 Å². The van der Waals surface area contributed by atoms with Gasteiger partial charge in [-0.2, -0.15) is 25.3 Å². The van der Waals surface area contributed by atoms with Crippen molar-refractivity contribution in [2.24, 2.45) is 34.8 Å². The number of phenols is 1. The van der Waals surface area contributed by atoms with Crippen LogP contribution in [0.15, 0.2) is 97.7 Å². The van der Waals surface area contributed by atoms with Crippen LogP contribution >= 0.6 is 25.3 Å². The number of fused-ring (bicyclic) bond motifs is 2. The van der Waals surface area contributed by atoms with E-state index in [1.54, 1.807) is 82.4 Å². The number of primary amides is 2. The van der Waals surface area contributed by atoms with Crippen LogP contribution in [0.2, 0.25) is 0 Å². The van der Waals surface area contributed by atoms with Crippen LogP contribution in [0.5, 0.6) is 5.75 Å². The number of aromatic hydroxyl groups is 1. The van der Waals surface area contributed by atoms with Crippen LogP contribution in [-0.2, 0) is 122 Å². The van der Waals surface area contributed by atoms with E-state index in [0.29, 0.717) is 70.0 Å². The highest BCUT2D eigenvalue weighted by Gasteiger charge is 2.45. The molecule has 51 heteroatoms. The molecule has 146 heavy (non-hydrogen) atoms. The molecular formula is C95H134N26O23S2. The number of nitrogens with zero attached hydrogens (tertiary/aromatic N) is 3. The Morgan fingerprint density at radius 1 is 0.459 bits per heavy atom. The maximum Gasteiger partial charge on any atom is 0.305 e. The highest BCUT2D eigenvalue weighted by Crippen LogP contribution is 2.27. The topological polar surface area (TPSA) is 777 Å². The number of phenolic OH excluding ortho intramolecular Hbond substituents is 1. The number of amides is 18. The molecule has 2 aliphatic rings. The van der Waals surface area contributed by atoms with Gasteiger partial charge in [-0.05, 0) is 143 Å². The number of hydrogen-bond donors (Lipinski definition) is 28. The van der Waals surface area contributed by atoms with Crippen LogP contribution < -0.4 is 103 Å². The van der Waals surface area contributed by atoms with Crippen LogP contribution in [0.4, 0.5) is 0 Å². The zero-order valence-electron chi connectivity index (χ0n) is 81.7. The standard InChI is InChI=1S/C95H134N26O23S2/c1-49(2)35-65(81(131)105-45-77(125)108-61(80(98)130)19-10-11-31-96)112-82(132)62(20-12-32-102-95(99)100)109-89(139)72(46-145)118-85(135)66(36-50(3)4)113-87(137)68(39-54-43-104-60-18-9-7-16-58(54)60)115-83(133)63(27-29-76(97)124)110-86(136)67(38-53-42-103-59-17-8-6-15-57(53)59)114-84(134)64(28-30-78(126)127)111-91(141)74-21-13-33-120(74)93(143)70(37-52-23-25-56(123)26-24-52)117-88(138)69(41-79(128)129)116-90(140)73(47-146)119-92(142)75-22-14-34-121(75)94(144)71(107-51(5)122)40-55-44-101-48-106-55/h6-9,15-18,23-26,42-44,48-50,61-75,103-104,123,145-146H,10-14,19-22,27-41,45-47,96H2,1-5H3,(H2,97,124)(H2,98,130)(H,101,106)(H,105,131)(H,107,122)(H,108,125)(H,109,139)(H,110,136)(H,111,141)(H,112,132)(H,113,137)(H,114,134)(H,115,133)(H,116,140)(H,117,138)(H,118,135)(H,119,142)(H,126,127)(H,128,129)(H4,99,100,102)/t61-,62-,63-,64-,65-,66-,67-,68-,69-,70-,71-,72-,73-,74-,75-/m1/s1. The lowest BCUT2D eigenvalue weighted by Crippen LogP contribution is -2.61. The van der Waals surface area contributed by atoms with E-state index in [9.17, 15) is 82.4 Å². The van der Waals surface area contributed by atoms with Crippen LogP contribution in [0.1, 0.15) is 160 Å². The highest BCUT2D eigenvalue weighted by molar-refractivity contribution is 7.80. The number of likely N-dealkylation sites (tertiary alicyclic amines) is 2. The molecule has 2 fully saturated rings. The number of nitrogens with one attached hydrogen (secondary N) is 19. The summed E-state index contributed by atoms with van der Waals surface area (Å²) < 4.78 is 0. The molecule has 794 valence electrons. The Labute approximate surface area is 851 Å². The number of benzene rings is 3. The van der Waals surface area contributed by atoms with E-state index in [0.717, 1.165) is 4.90 Å². The van der Waals surface area contributed by atoms with Crippen LogP contribution in [0.25, 0.3) is 21.8 Å². The second kappa shape index (κ2) is 57.5. The van der Waals surface area contributed by atoms with Crippen molar-refractivity contribution in [3.05, 3.63) is 120 Å². The van der Waals surface area contributed by atoms with E-state index >= 15 is 28.8 Å². The number of aliphatic carboxylic acids is 2. The summed E-state index contributed by atoms with van der Waals surface area (Å²) in [5, 5.41) is 78.0. The van der Waals surface area contributed by atoms with Gasteiger partial charge in [0.05, 0.1) is 19.3 Å². The van der Waals surface area contributed by atoms with Gasteiger partial charge in [0.2, 0.25) is 106 Å². The van der Waals surface area contributed by atoms with Crippen LogP contribution in [0, 0.1) is 17.2 Å². The molecule has 0 bridgehead atoms. The first-order chi connectivity index (χ1) is 69.4. The Morgan fingerprint density at radius 3 is 1.37 bits per heavy atom. The Kier molecular flexibility index (Phi) is 45.8. The quantitative estimate of drug-likeness (QED) is 0.00754. The zero-order valence-corrected chi connectivity index (χ0v) is 83.5. The van der Waals surface area contributed by atoms with E-state index in [-0.39, 0.29) is 95.5 Å². The van der Waals surface area contributed by atoms with E-state index < -0.39 is 284 Å². The van der Waals surface area contributed by atoms with Gasteiger partial charge >= 0.3 is 11.9 Å². The summed E-state index contributed by atoms with van der Waals surface area (Å²) in [5.74, 6) is -22.2. The number of carbonyl (C=O) groups excluding carboxylic acids is 18. The fraction of sp³-hybridized carbons (Fsp3) is 0.516. The molecule has 0 radical (unpaired) electrons. The normalized spacial score (nSPS) is 16.0. The molecular weight excluding hydrogens is 1940 g/mol. The molecule has 18 amide bonds. The molecule has 0 unspecified atom stereocenters. The Bertz CT molecular complexity index is 5610. The molecule has 0 saturated carbocycles. The molecule has 2 aliphatic heterocycles. The third-order valence-corrected chi connectivity index (χ3v) is 25.1. The smallest absolute Gasteiger partial charge is 0.305 e. The number of carboxylic acids is 2. The number of para-hydroxylation sites is 2. The molecule has 30 N–H and O–H groups in total. The average Bonchev–Trinajstić information content (AvgIpc) is 1.65. The first-order valence-electron chi connectivity index (χ1n) is 48.1.